The van der Waals surface area contributed by atoms with E-state index in [2.05, 4.69) is 207 Å². The second-order valence-corrected chi connectivity index (χ2v) is 13.7. The van der Waals surface area contributed by atoms with Gasteiger partial charge in [0.2, 0.25) is 0 Å². The van der Waals surface area contributed by atoms with Gasteiger partial charge in [0.25, 0.3) is 0 Å². The molecule has 0 spiro atoms. The van der Waals surface area contributed by atoms with Crippen LogP contribution in [0.3, 0.4) is 0 Å². The number of hydrogen-bond donors (Lipinski definition) is 0. The van der Waals surface area contributed by atoms with Crippen LogP contribution >= 0.6 is 0 Å². The molecule has 0 unspecified atom stereocenters. The normalized spacial score (nSPS) is 12.8. The van der Waals surface area contributed by atoms with Gasteiger partial charge in [-0.15, -0.1) is 0 Å². The van der Waals surface area contributed by atoms with Gasteiger partial charge >= 0.3 is 0 Å². The van der Waals surface area contributed by atoms with Gasteiger partial charge in [0.05, 0.1) is 5.69 Å². The minimum Gasteiger partial charge on any atom is -0.310 e. The molecule has 0 atom stereocenters. The van der Waals surface area contributed by atoms with E-state index in [9.17, 15) is 0 Å². The highest BCUT2D eigenvalue weighted by Crippen LogP contribution is 2.54. The Hall–Kier alpha value is -6.18. The number of fused-ring (bicyclic) bond motifs is 4. The van der Waals surface area contributed by atoms with Crippen molar-refractivity contribution in [2.45, 2.75) is 19.3 Å². The van der Waals surface area contributed by atoms with E-state index in [1.54, 1.807) is 0 Å². The van der Waals surface area contributed by atoms with Gasteiger partial charge in [-0.2, -0.15) is 0 Å². The van der Waals surface area contributed by atoms with Gasteiger partial charge in [-0.3, -0.25) is 0 Å². The molecule has 8 aromatic carbocycles. The van der Waals surface area contributed by atoms with Crippen molar-refractivity contribution in [1.29, 1.82) is 0 Å². The molecule has 1 aliphatic carbocycles. The zero-order valence-corrected chi connectivity index (χ0v) is 28.3. The summed E-state index contributed by atoms with van der Waals surface area (Å²) in [6, 6.07) is 68.5. The first kappa shape index (κ1) is 29.9. The van der Waals surface area contributed by atoms with Crippen molar-refractivity contribution in [3.8, 4) is 44.5 Å². The topological polar surface area (TPSA) is 3.24 Å². The Labute approximate surface area is 294 Å². The lowest BCUT2D eigenvalue weighted by Crippen LogP contribution is -2.16. The van der Waals surface area contributed by atoms with E-state index >= 15 is 0 Å². The summed E-state index contributed by atoms with van der Waals surface area (Å²) in [7, 11) is 0. The molecule has 0 heterocycles. The summed E-state index contributed by atoms with van der Waals surface area (Å²) in [5.41, 5.74) is 16.1. The van der Waals surface area contributed by atoms with E-state index in [4.69, 9.17) is 0 Å². The number of anilines is 3. The average Bonchev–Trinajstić information content (AvgIpc) is 3.42. The summed E-state index contributed by atoms with van der Waals surface area (Å²) in [5, 5.41) is 2.52. The Morgan fingerprint density at radius 1 is 0.360 bits per heavy atom. The maximum absolute atomic E-state index is 2.44. The third-order valence-electron chi connectivity index (χ3n) is 10.5. The molecular weight excluding hydrogens is 603 g/mol. The molecule has 0 aliphatic heterocycles. The van der Waals surface area contributed by atoms with Gasteiger partial charge in [-0.05, 0) is 91.2 Å². The summed E-state index contributed by atoms with van der Waals surface area (Å²) in [4.78, 5) is 2.44. The van der Waals surface area contributed by atoms with Crippen LogP contribution in [-0.4, -0.2) is 0 Å². The molecule has 0 amide bonds. The molecule has 50 heavy (non-hydrogen) atoms. The van der Waals surface area contributed by atoms with Crippen LogP contribution < -0.4 is 4.90 Å². The summed E-state index contributed by atoms with van der Waals surface area (Å²) < 4.78 is 0. The Morgan fingerprint density at radius 3 is 1.54 bits per heavy atom. The molecule has 238 valence electrons. The van der Waals surface area contributed by atoms with Crippen molar-refractivity contribution in [3.63, 3.8) is 0 Å². The molecule has 0 bridgehead atoms. The zero-order valence-electron chi connectivity index (χ0n) is 28.3. The van der Waals surface area contributed by atoms with E-state index in [0.717, 1.165) is 11.4 Å². The van der Waals surface area contributed by atoms with E-state index < -0.39 is 0 Å². The van der Waals surface area contributed by atoms with Crippen LogP contribution in [0.4, 0.5) is 17.1 Å². The fraction of sp³-hybridized carbons (Fsp3) is 0.0612. The molecular formula is C49H37N. The SMILES string of the molecule is CC1(C)c2ccccc2-c2c(N(c3ccc(-c4ccccc4-c4ccccc4)cc3)c3ccc(-c4cccc5ccccc45)cc3)cccc21. The second kappa shape index (κ2) is 12.1. The Morgan fingerprint density at radius 2 is 0.840 bits per heavy atom. The van der Waals surface area contributed by atoms with Crippen LogP contribution in [-0.2, 0) is 5.41 Å². The van der Waals surface area contributed by atoms with Crippen LogP contribution in [0.1, 0.15) is 25.0 Å². The second-order valence-electron chi connectivity index (χ2n) is 13.7. The highest BCUT2D eigenvalue weighted by molar-refractivity contribution is 5.98. The number of rotatable bonds is 6. The van der Waals surface area contributed by atoms with Crippen LogP contribution in [0.5, 0.6) is 0 Å². The van der Waals surface area contributed by atoms with Crippen LogP contribution in [0.15, 0.2) is 188 Å². The standard InChI is InChI=1S/C49H37N/c1-49(2)45-23-11-10-21-44(45)48-46(49)24-13-25-47(48)50(39-32-28-37(29-33-39)43-22-12-17-35-16-6-7-18-41(35)43)38-30-26-36(27-31-38)42-20-9-8-19-40(42)34-14-4-3-5-15-34/h3-33H,1-2H3. The smallest absolute Gasteiger partial charge is 0.0543 e. The maximum Gasteiger partial charge on any atom is 0.0543 e. The Kier molecular flexibility index (Phi) is 7.21. The number of nitrogens with zero attached hydrogens (tertiary/aromatic N) is 1. The van der Waals surface area contributed by atoms with Crippen LogP contribution in [0, 0.1) is 0 Å². The highest BCUT2D eigenvalue weighted by Gasteiger charge is 2.37. The molecule has 0 N–H and O–H groups in total. The Bertz CT molecular complexity index is 2480. The van der Waals surface area contributed by atoms with Gasteiger partial charge in [0.1, 0.15) is 0 Å². The van der Waals surface area contributed by atoms with Gasteiger partial charge in [-0.25, -0.2) is 0 Å². The Balaban J connectivity index is 1.20. The van der Waals surface area contributed by atoms with Crippen molar-refractivity contribution in [1.82, 2.24) is 0 Å². The lowest BCUT2D eigenvalue weighted by Gasteiger charge is -2.29. The van der Waals surface area contributed by atoms with E-state index in [1.165, 1.54) is 72.1 Å². The summed E-state index contributed by atoms with van der Waals surface area (Å²) in [5.74, 6) is 0. The third kappa shape index (κ3) is 4.94. The van der Waals surface area contributed by atoms with Gasteiger partial charge < -0.3 is 4.90 Å². The largest absolute Gasteiger partial charge is 0.310 e. The van der Waals surface area contributed by atoms with Crippen LogP contribution in [0.25, 0.3) is 55.3 Å². The van der Waals surface area contributed by atoms with E-state index in [1.807, 2.05) is 0 Å². The van der Waals surface area contributed by atoms with Gasteiger partial charge in [0.15, 0.2) is 0 Å². The lowest BCUT2D eigenvalue weighted by atomic mass is 9.82. The van der Waals surface area contributed by atoms with Crippen molar-refractivity contribution < 1.29 is 0 Å². The molecule has 0 radical (unpaired) electrons. The first-order valence-electron chi connectivity index (χ1n) is 17.4. The average molecular weight is 640 g/mol. The fourth-order valence-electron chi connectivity index (χ4n) is 8.01. The molecule has 1 heteroatoms. The van der Waals surface area contributed by atoms with Crippen molar-refractivity contribution >= 4 is 27.8 Å². The molecule has 0 fully saturated rings. The van der Waals surface area contributed by atoms with E-state index in [-0.39, 0.29) is 5.41 Å². The van der Waals surface area contributed by atoms with Crippen molar-refractivity contribution in [2.24, 2.45) is 0 Å². The molecule has 1 nitrogen and oxygen atoms in total. The van der Waals surface area contributed by atoms with Crippen LogP contribution in [0.2, 0.25) is 0 Å². The minimum atomic E-state index is -0.0865. The zero-order chi connectivity index (χ0) is 33.7. The molecule has 0 saturated carbocycles. The molecule has 8 aromatic rings. The van der Waals surface area contributed by atoms with Gasteiger partial charge in [0, 0.05) is 22.4 Å². The van der Waals surface area contributed by atoms with Crippen molar-refractivity contribution in [3.05, 3.63) is 199 Å². The van der Waals surface area contributed by atoms with Crippen molar-refractivity contribution in [2.75, 3.05) is 4.90 Å². The molecule has 0 aromatic heterocycles. The predicted molar refractivity (Wildman–Crippen MR) is 213 cm³/mol. The fourth-order valence-corrected chi connectivity index (χ4v) is 8.01. The monoisotopic (exact) mass is 639 g/mol. The third-order valence-corrected chi connectivity index (χ3v) is 10.5. The van der Waals surface area contributed by atoms with Gasteiger partial charge in [-0.1, -0.05) is 172 Å². The summed E-state index contributed by atoms with van der Waals surface area (Å²) >= 11 is 0. The quantitative estimate of drug-likeness (QED) is 0.175. The molecule has 0 saturated heterocycles. The van der Waals surface area contributed by atoms with E-state index in [0.29, 0.717) is 0 Å². The first-order chi connectivity index (χ1) is 24.6. The minimum absolute atomic E-state index is 0.0865. The number of benzene rings is 8. The number of hydrogen-bond acceptors (Lipinski definition) is 1. The first-order valence-corrected chi connectivity index (χ1v) is 17.4. The summed E-state index contributed by atoms with van der Waals surface area (Å²) in [6.07, 6.45) is 0. The molecule has 9 rings (SSSR count). The maximum atomic E-state index is 2.44. The predicted octanol–water partition coefficient (Wildman–Crippen LogP) is 13.6. The molecule has 1 aliphatic rings. The lowest BCUT2D eigenvalue weighted by molar-refractivity contribution is 0.660. The summed E-state index contributed by atoms with van der Waals surface area (Å²) in [6.45, 7) is 4.70. The highest BCUT2D eigenvalue weighted by atomic mass is 15.1.